The van der Waals surface area contributed by atoms with Crippen LogP contribution in [-0.2, 0) is 0 Å². The molecule has 0 heterocycles. The van der Waals surface area contributed by atoms with Crippen LogP contribution in [0.15, 0.2) is 107 Å². The highest BCUT2D eigenvalue weighted by Crippen LogP contribution is 2.26. The van der Waals surface area contributed by atoms with Gasteiger partial charge in [0, 0.05) is 0 Å². The molecule has 0 aliphatic rings. The number of nitrogens with zero attached hydrogens (tertiary/aromatic N) is 2. The van der Waals surface area contributed by atoms with Crippen LogP contribution in [0, 0.1) is 5.82 Å². The van der Waals surface area contributed by atoms with Crippen molar-refractivity contribution in [3.05, 3.63) is 108 Å². The first-order chi connectivity index (χ1) is 23.1. The molecule has 5 nitrogen and oxygen atoms in total. The second-order valence-corrected chi connectivity index (χ2v) is 12.1. The lowest BCUT2D eigenvalue weighted by atomic mass is 10.0. The number of unbranched alkanes of at least 4 members (excludes halogenated alkanes) is 13. The Morgan fingerprint density at radius 2 is 0.957 bits per heavy atom. The average Bonchev–Trinajstić information content (AvgIpc) is 3.10. The van der Waals surface area contributed by atoms with E-state index in [-0.39, 0.29) is 5.82 Å². The van der Waals surface area contributed by atoms with Crippen molar-refractivity contribution in [1.82, 2.24) is 0 Å². The van der Waals surface area contributed by atoms with Crippen molar-refractivity contribution in [1.29, 1.82) is 0 Å². The number of hydrogen-bond acceptors (Lipinski definition) is 5. The molecule has 248 valence electrons. The molecule has 0 fully saturated rings. The molecule has 0 saturated heterocycles. The fourth-order valence-electron chi connectivity index (χ4n) is 5.40. The Bertz CT molecular complexity index is 1470. The van der Waals surface area contributed by atoms with Gasteiger partial charge < -0.3 is 9.47 Å². The van der Waals surface area contributed by atoms with E-state index in [0.29, 0.717) is 29.3 Å². The van der Waals surface area contributed by atoms with Crippen molar-refractivity contribution in [2.24, 2.45) is 10.2 Å². The van der Waals surface area contributed by atoms with Crippen molar-refractivity contribution in [3.8, 4) is 22.6 Å². The quantitative estimate of drug-likeness (QED) is 0.0396. The van der Waals surface area contributed by atoms with Gasteiger partial charge in [-0.2, -0.15) is 10.2 Å². The van der Waals surface area contributed by atoms with Gasteiger partial charge in [-0.3, -0.25) is 0 Å². The van der Waals surface area contributed by atoms with E-state index in [1.54, 1.807) is 36.4 Å². The average molecular weight is 637 g/mol. The Morgan fingerprint density at radius 3 is 1.47 bits per heavy atom. The maximum Gasteiger partial charge on any atom is 0.343 e. The van der Waals surface area contributed by atoms with Crippen molar-refractivity contribution in [3.63, 3.8) is 0 Å². The van der Waals surface area contributed by atoms with Gasteiger partial charge >= 0.3 is 5.97 Å². The van der Waals surface area contributed by atoms with Gasteiger partial charge in [0.05, 0.1) is 23.5 Å². The highest BCUT2D eigenvalue weighted by molar-refractivity contribution is 5.91. The van der Waals surface area contributed by atoms with Crippen molar-refractivity contribution < 1.29 is 18.7 Å². The lowest BCUT2D eigenvalue weighted by Gasteiger charge is -2.08. The van der Waals surface area contributed by atoms with Gasteiger partial charge in [0.2, 0.25) is 0 Å². The van der Waals surface area contributed by atoms with Gasteiger partial charge in [0.25, 0.3) is 0 Å². The normalized spacial score (nSPS) is 11.2. The van der Waals surface area contributed by atoms with Crippen LogP contribution in [0.5, 0.6) is 11.5 Å². The maximum absolute atomic E-state index is 13.1. The zero-order valence-corrected chi connectivity index (χ0v) is 27.8. The van der Waals surface area contributed by atoms with Crippen LogP contribution in [0.2, 0.25) is 0 Å². The summed E-state index contributed by atoms with van der Waals surface area (Å²) in [6.45, 7) is 2.96. The number of halogens is 1. The summed E-state index contributed by atoms with van der Waals surface area (Å²) in [5.74, 6) is 0.524. The van der Waals surface area contributed by atoms with Gasteiger partial charge in [-0.1, -0.05) is 115 Å². The smallest absolute Gasteiger partial charge is 0.343 e. The van der Waals surface area contributed by atoms with E-state index in [9.17, 15) is 9.18 Å². The van der Waals surface area contributed by atoms with Crippen molar-refractivity contribution >= 4 is 17.3 Å². The van der Waals surface area contributed by atoms with E-state index >= 15 is 0 Å². The molecule has 4 rings (SSSR count). The largest absolute Gasteiger partial charge is 0.494 e. The molecular weight excluding hydrogens is 587 g/mol. The molecule has 4 aromatic rings. The molecule has 0 radical (unpaired) electrons. The van der Waals surface area contributed by atoms with Crippen molar-refractivity contribution in [2.75, 3.05) is 6.61 Å². The molecule has 4 aromatic carbocycles. The number of hydrogen-bond donors (Lipinski definition) is 0. The number of benzene rings is 4. The van der Waals surface area contributed by atoms with Crippen LogP contribution in [-0.4, -0.2) is 12.6 Å². The summed E-state index contributed by atoms with van der Waals surface area (Å²) in [5.41, 5.74) is 3.72. The molecule has 0 aliphatic carbocycles. The van der Waals surface area contributed by atoms with Crippen molar-refractivity contribution in [2.45, 2.75) is 96.8 Å². The van der Waals surface area contributed by atoms with Crippen LogP contribution < -0.4 is 9.47 Å². The second kappa shape index (κ2) is 20.7. The summed E-state index contributed by atoms with van der Waals surface area (Å²) in [4.78, 5) is 12.7. The molecule has 0 amide bonds. The number of carbonyl (C=O) groups excluding carboxylic acids is 1. The molecule has 6 heteroatoms. The Labute approximate surface area is 280 Å². The first-order valence-electron chi connectivity index (χ1n) is 17.4. The first kappa shape index (κ1) is 35.5. The van der Waals surface area contributed by atoms with E-state index in [4.69, 9.17) is 9.47 Å². The predicted octanol–water partition coefficient (Wildman–Crippen LogP) is 13.0. The third kappa shape index (κ3) is 13.5. The lowest BCUT2D eigenvalue weighted by molar-refractivity contribution is 0.0734. The molecule has 0 spiro atoms. The summed E-state index contributed by atoms with van der Waals surface area (Å²) in [7, 11) is 0. The topological polar surface area (TPSA) is 60.2 Å². The summed E-state index contributed by atoms with van der Waals surface area (Å²) in [6, 6.07) is 28.0. The first-order valence-corrected chi connectivity index (χ1v) is 17.4. The van der Waals surface area contributed by atoms with Crippen LogP contribution in [0.1, 0.15) is 107 Å². The molecule has 0 atom stereocenters. The van der Waals surface area contributed by atoms with Crippen LogP contribution in [0.4, 0.5) is 15.8 Å². The Balaban J connectivity index is 1.09. The molecule has 0 bridgehead atoms. The number of carbonyl (C=O) groups is 1. The van der Waals surface area contributed by atoms with Gasteiger partial charge in [-0.05, 0) is 90.3 Å². The minimum absolute atomic E-state index is 0.307. The van der Waals surface area contributed by atoms with E-state index < -0.39 is 5.97 Å². The van der Waals surface area contributed by atoms with Crippen LogP contribution in [0.25, 0.3) is 11.1 Å². The zero-order valence-electron chi connectivity index (χ0n) is 27.8. The SMILES string of the molecule is CCCCCCCCCCCCCCCCOc1ccc(C(=O)Oc2ccc(-c3ccc(N=Nc4ccc(F)cc4)cc3)cc2)cc1. The fraction of sp³-hybridized carbons (Fsp3) is 0.390. The third-order valence-electron chi connectivity index (χ3n) is 8.23. The zero-order chi connectivity index (χ0) is 32.9. The number of esters is 1. The number of azo groups is 1. The Kier molecular flexibility index (Phi) is 15.7. The van der Waals surface area contributed by atoms with Crippen LogP contribution >= 0.6 is 0 Å². The van der Waals surface area contributed by atoms with Gasteiger partial charge in [0.1, 0.15) is 17.3 Å². The van der Waals surface area contributed by atoms with Gasteiger partial charge in [0.15, 0.2) is 0 Å². The molecule has 47 heavy (non-hydrogen) atoms. The van der Waals surface area contributed by atoms with E-state index in [1.807, 2.05) is 48.5 Å². The predicted molar refractivity (Wildman–Crippen MR) is 190 cm³/mol. The van der Waals surface area contributed by atoms with Gasteiger partial charge in [-0.25, -0.2) is 9.18 Å². The van der Waals surface area contributed by atoms with Crippen LogP contribution in [0.3, 0.4) is 0 Å². The van der Waals surface area contributed by atoms with E-state index in [1.165, 1.54) is 95.6 Å². The highest BCUT2D eigenvalue weighted by atomic mass is 19.1. The summed E-state index contributed by atoms with van der Waals surface area (Å²) < 4.78 is 24.5. The minimum Gasteiger partial charge on any atom is -0.494 e. The molecular formula is C41H49FN2O3. The molecule has 0 aliphatic heterocycles. The summed E-state index contributed by atoms with van der Waals surface area (Å²) >= 11 is 0. The molecule has 0 saturated carbocycles. The maximum atomic E-state index is 13.1. The monoisotopic (exact) mass is 636 g/mol. The molecule has 0 aromatic heterocycles. The third-order valence-corrected chi connectivity index (χ3v) is 8.23. The summed E-state index contributed by atoms with van der Waals surface area (Å²) in [6.07, 6.45) is 18.7. The standard InChI is InChI=1S/C41H49FN2O3/c1-2-3-4-5-6-7-8-9-10-11-12-13-14-15-32-46-39-28-20-35(21-29-39)41(45)47-40-30-18-34(19-31-40)33-16-24-37(25-17-33)43-44-38-26-22-36(42)23-27-38/h16-31H,2-15,32H2,1H3. The van der Waals surface area contributed by atoms with E-state index in [0.717, 1.165) is 23.3 Å². The molecule has 0 unspecified atom stereocenters. The highest BCUT2D eigenvalue weighted by Gasteiger charge is 2.09. The number of ether oxygens (including phenoxy) is 2. The minimum atomic E-state index is -0.410. The van der Waals surface area contributed by atoms with E-state index in [2.05, 4.69) is 17.2 Å². The Morgan fingerprint density at radius 1 is 0.532 bits per heavy atom. The fourth-order valence-corrected chi connectivity index (χ4v) is 5.40. The number of rotatable bonds is 21. The van der Waals surface area contributed by atoms with Gasteiger partial charge in [-0.15, -0.1) is 0 Å². The second-order valence-electron chi connectivity index (χ2n) is 12.1. The summed E-state index contributed by atoms with van der Waals surface area (Å²) in [5, 5.41) is 8.34. The molecule has 0 N–H and O–H groups in total. The lowest BCUT2D eigenvalue weighted by Crippen LogP contribution is -2.08. The Hall–Kier alpha value is -4.32.